The third-order valence-corrected chi connectivity index (χ3v) is 3.20. The first-order valence-electron chi connectivity index (χ1n) is 6.18. The molecule has 0 fully saturated rings. The minimum atomic E-state index is -0.0335. The van der Waals surface area contributed by atoms with Crippen LogP contribution >= 0.6 is 11.6 Å². The van der Waals surface area contributed by atoms with Crippen LogP contribution < -0.4 is 10.5 Å². The monoisotopic (exact) mass is 290 g/mol. The standard InChI is InChI=1S/C15H15ClN2O2/c1-2-10-3-5-11(6-4-10)20-12-7-8-13(14(16)9-12)15(17)18-19/h3-9,19H,2H2,1H3,(H2,17,18). The van der Waals surface area contributed by atoms with Crippen LogP contribution in [0.3, 0.4) is 0 Å². The Hall–Kier alpha value is -2.20. The zero-order valence-corrected chi connectivity index (χ0v) is 11.8. The maximum atomic E-state index is 8.64. The minimum Gasteiger partial charge on any atom is -0.457 e. The van der Waals surface area contributed by atoms with Crippen molar-refractivity contribution in [3.05, 3.63) is 58.6 Å². The second-order valence-corrected chi connectivity index (χ2v) is 4.63. The van der Waals surface area contributed by atoms with Crippen molar-refractivity contribution >= 4 is 17.4 Å². The Morgan fingerprint density at radius 1 is 1.20 bits per heavy atom. The first kappa shape index (κ1) is 14.2. The molecule has 20 heavy (non-hydrogen) atoms. The summed E-state index contributed by atoms with van der Waals surface area (Å²) in [7, 11) is 0. The molecule has 0 unspecified atom stereocenters. The van der Waals surface area contributed by atoms with Crippen molar-refractivity contribution in [3.63, 3.8) is 0 Å². The molecule has 0 saturated carbocycles. The van der Waals surface area contributed by atoms with Gasteiger partial charge in [-0.05, 0) is 36.2 Å². The van der Waals surface area contributed by atoms with Gasteiger partial charge in [0.1, 0.15) is 11.5 Å². The van der Waals surface area contributed by atoms with Gasteiger partial charge in [0.2, 0.25) is 0 Å². The average Bonchev–Trinajstić information content (AvgIpc) is 2.47. The molecule has 0 bridgehead atoms. The fourth-order valence-electron chi connectivity index (χ4n) is 1.75. The van der Waals surface area contributed by atoms with Gasteiger partial charge in [0, 0.05) is 11.6 Å². The average molecular weight is 291 g/mol. The van der Waals surface area contributed by atoms with Gasteiger partial charge in [-0.15, -0.1) is 0 Å². The molecule has 0 spiro atoms. The molecule has 2 aromatic carbocycles. The highest BCUT2D eigenvalue weighted by molar-refractivity contribution is 6.34. The number of oxime groups is 1. The molecule has 4 nitrogen and oxygen atoms in total. The molecule has 0 saturated heterocycles. The summed E-state index contributed by atoms with van der Waals surface area (Å²) in [5, 5.41) is 11.9. The summed E-state index contributed by atoms with van der Waals surface area (Å²) in [6, 6.07) is 12.8. The van der Waals surface area contributed by atoms with Crippen molar-refractivity contribution in [2.75, 3.05) is 0 Å². The predicted molar refractivity (Wildman–Crippen MR) is 79.9 cm³/mol. The van der Waals surface area contributed by atoms with Gasteiger partial charge in [-0.2, -0.15) is 0 Å². The van der Waals surface area contributed by atoms with Crippen molar-refractivity contribution in [2.24, 2.45) is 10.9 Å². The lowest BCUT2D eigenvalue weighted by atomic mass is 10.2. The predicted octanol–water partition coefficient (Wildman–Crippen LogP) is 3.79. The number of benzene rings is 2. The third-order valence-electron chi connectivity index (χ3n) is 2.89. The molecule has 0 amide bonds. The molecule has 2 aromatic rings. The van der Waals surface area contributed by atoms with Crippen LogP contribution in [0.2, 0.25) is 5.02 Å². The Kier molecular flexibility index (Phi) is 4.48. The molecular weight excluding hydrogens is 276 g/mol. The van der Waals surface area contributed by atoms with Crippen molar-refractivity contribution in [1.82, 2.24) is 0 Å². The Labute approximate surface area is 122 Å². The molecule has 104 valence electrons. The van der Waals surface area contributed by atoms with Gasteiger partial charge in [-0.3, -0.25) is 0 Å². The SMILES string of the molecule is CCc1ccc(Oc2ccc(C(N)=NO)c(Cl)c2)cc1. The second kappa shape index (κ2) is 6.30. The van der Waals surface area contributed by atoms with Crippen LogP contribution in [-0.4, -0.2) is 11.0 Å². The largest absolute Gasteiger partial charge is 0.457 e. The zero-order chi connectivity index (χ0) is 14.5. The molecule has 5 heteroatoms. The highest BCUT2D eigenvalue weighted by atomic mass is 35.5. The van der Waals surface area contributed by atoms with Crippen LogP contribution in [0, 0.1) is 0 Å². The number of ether oxygens (including phenoxy) is 1. The molecule has 0 aliphatic carbocycles. The molecule has 0 heterocycles. The summed E-state index contributed by atoms with van der Waals surface area (Å²) in [4.78, 5) is 0. The molecule has 3 N–H and O–H groups in total. The van der Waals surface area contributed by atoms with E-state index < -0.39 is 0 Å². The topological polar surface area (TPSA) is 67.8 Å². The molecule has 2 rings (SSSR count). The summed E-state index contributed by atoms with van der Waals surface area (Å²) in [5.74, 6) is 1.29. The molecule has 0 aliphatic rings. The van der Waals surface area contributed by atoms with Crippen LogP contribution in [-0.2, 0) is 6.42 Å². The van der Waals surface area contributed by atoms with Gasteiger partial charge < -0.3 is 15.7 Å². The van der Waals surface area contributed by atoms with E-state index in [0.717, 1.165) is 12.2 Å². The van der Waals surface area contributed by atoms with Crippen molar-refractivity contribution < 1.29 is 9.94 Å². The number of halogens is 1. The summed E-state index contributed by atoms with van der Waals surface area (Å²) >= 11 is 6.06. The molecular formula is C15H15ClN2O2. The van der Waals surface area contributed by atoms with E-state index in [4.69, 9.17) is 27.3 Å². The summed E-state index contributed by atoms with van der Waals surface area (Å²) < 4.78 is 5.70. The normalized spacial score (nSPS) is 11.4. The molecule has 0 aromatic heterocycles. The Bertz CT molecular complexity index is 624. The summed E-state index contributed by atoms with van der Waals surface area (Å²) in [6.07, 6.45) is 0.987. The van der Waals surface area contributed by atoms with Crippen molar-refractivity contribution in [1.29, 1.82) is 0 Å². The van der Waals surface area contributed by atoms with Crippen molar-refractivity contribution in [2.45, 2.75) is 13.3 Å². The number of nitrogens with two attached hydrogens (primary N) is 1. The lowest BCUT2D eigenvalue weighted by molar-refractivity contribution is 0.318. The maximum Gasteiger partial charge on any atom is 0.171 e. The first-order valence-corrected chi connectivity index (χ1v) is 6.56. The van der Waals surface area contributed by atoms with Crippen LogP contribution in [0.5, 0.6) is 11.5 Å². The van der Waals surface area contributed by atoms with Crippen LogP contribution in [0.4, 0.5) is 0 Å². The quantitative estimate of drug-likeness (QED) is 0.389. The van der Waals surface area contributed by atoms with Gasteiger partial charge in [0.15, 0.2) is 5.84 Å². The molecule has 0 aliphatic heterocycles. The van der Waals surface area contributed by atoms with Gasteiger partial charge in [-0.25, -0.2) is 0 Å². The van der Waals surface area contributed by atoms with Gasteiger partial charge >= 0.3 is 0 Å². The van der Waals surface area contributed by atoms with E-state index in [1.165, 1.54) is 5.56 Å². The zero-order valence-electron chi connectivity index (χ0n) is 11.0. The Morgan fingerprint density at radius 2 is 1.85 bits per heavy atom. The van der Waals surface area contributed by atoms with E-state index in [0.29, 0.717) is 16.3 Å². The number of nitrogens with zero attached hydrogens (tertiary/aromatic N) is 1. The smallest absolute Gasteiger partial charge is 0.171 e. The van der Waals surface area contributed by atoms with E-state index >= 15 is 0 Å². The van der Waals surface area contributed by atoms with Gasteiger partial charge in [0.25, 0.3) is 0 Å². The van der Waals surface area contributed by atoms with Crippen LogP contribution in [0.15, 0.2) is 47.6 Å². The Morgan fingerprint density at radius 3 is 2.40 bits per heavy atom. The first-order chi connectivity index (χ1) is 9.63. The fraction of sp³-hybridized carbons (Fsp3) is 0.133. The highest BCUT2D eigenvalue weighted by Gasteiger charge is 2.07. The maximum absolute atomic E-state index is 8.64. The van der Waals surface area contributed by atoms with Crippen LogP contribution in [0.1, 0.15) is 18.1 Å². The fourth-order valence-corrected chi connectivity index (χ4v) is 2.02. The van der Waals surface area contributed by atoms with E-state index in [2.05, 4.69) is 12.1 Å². The third kappa shape index (κ3) is 3.22. The highest BCUT2D eigenvalue weighted by Crippen LogP contribution is 2.27. The number of hydrogen-bond donors (Lipinski definition) is 2. The van der Waals surface area contributed by atoms with Gasteiger partial charge in [0.05, 0.1) is 5.02 Å². The van der Waals surface area contributed by atoms with Gasteiger partial charge in [-0.1, -0.05) is 35.8 Å². The lowest BCUT2D eigenvalue weighted by Gasteiger charge is -2.08. The van der Waals surface area contributed by atoms with Crippen molar-refractivity contribution in [3.8, 4) is 11.5 Å². The molecule has 0 atom stereocenters. The second-order valence-electron chi connectivity index (χ2n) is 4.23. The van der Waals surface area contributed by atoms with E-state index in [-0.39, 0.29) is 5.84 Å². The summed E-state index contributed by atoms with van der Waals surface area (Å²) in [6.45, 7) is 2.10. The summed E-state index contributed by atoms with van der Waals surface area (Å²) in [5.41, 5.74) is 7.21. The van der Waals surface area contributed by atoms with E-state index in [1.54, 1.807) is 18.2 Å². The van der Waals surface area contributed by atoms with Crippen LogP contribution in [0.25, 0.3) is 0 Å². The minimum absolute atomic E-state index is 0.0335. The lowest BCUT2D eigenvalue weighted by Crippen LogP contribution is -2.13. The number of hydrogen-bond acceptors (Lipinski definition) is 3. The number of rotatable bonds is 4. The van der Waals surface area contributed by atoms with E-state index in [1.807, 2.05) is 24.3 Å². The Balaban J connectivity index is 2.19. The number of amidine groups is 1. The van der Waals surface area contributed by atoms with E-state index in [9.17, 15) is 0 Å². The number of aryl methyl sites for hydroxylation is 1. The molecule has 0 radical (unpaired) electrons.